The van der Waals surface area contributed by atoms with Crippen LogP contribution in [0.25, 0.3) is 0 Å². The van der Waals surface area contributed by atoms with Gasteiger partial charge in [-0.1, -0.05) is 6.92 Å². The minimum atomic E-state index is 0.0105. The Balaban J connectivity index is 1.81. The van der Waals surface area contributed by atoms with E-state index in [1.807, 2.05) is 4.90 Å². The highest BCUT2D eigenvalue weighted by atomic mass is 16.2. The van der Waals surface area contributed by atoms with Gasteiger partial charge >= 0.3 is 0 Å². The van der Waals surface area contributed by atoms with Gasteiger partial charge in [-0.3, -0.25) is 4.79 Å². The van der Waals surface area contributed by atoms with Crippen LogP contribution in [0.15, 0.2) is 12.3 Å². The standard InChI is InChI=1S/C15H22N4O/c1-10-3-2-8-19(13(10)9-16)15(20)12-6-7-17-14(18-12)11-4-5-11/h6-7,10-11,13H,2-5,8-9,16H2,1H3. The summed E-state index contributed by atoms with van der Waals surface area (Å²) in [6.45, 7) is 3.48. The third kappa shape index (κ3) is 2.54. The van der Waals surface area contributed by atoms with Crippen molar-refractivity contribution >= 4 is 5.91 Å². The molecule has 1 aromatic rings. The normalized spacial score (nSPS) is 26.6. The molecule has 2 heterocycles. The molecule has 5 nitrogen and oxygen atoms in total. The van der Waals surface area contributed by atoms with Crippen molar-refractivity contribution < 1.29 is 4.79 Å². The van der Waals surface area contributed by atoms with Crippen molar-refractivity contribution in [3.63, 3.8) is 0 Å². The highest BCUT2D eigenvalue weighted by Crippen LogP contribution is 2.37. The number of nitrogens with two attached hydrogens (primary N) is 1. The van der Waals surface area contributed by atoms with Gasteiger partial charge in [0.25, 0.3) is 5.91 Å². The summed E-state index contributed by atoms with van der Waals surface area (Å²) < 4.78 is 0. The number of likely N-dealkylation sites (tertiary alicyclic amines) is 1. The lowest BCUT2D eigenvalue weighted by molar-refractivity contribution is 0.0526. The summed E-state index contributed by atoms with van der Waals surface area (Å²) in [7, 11) is 0. The lowest BCUT2D eigenvalue weighted by Gasteiger charge is -2.39. The molecule has 2 atom stereocenters. The molecule has 0 spiro atoms. The first-order chi connectivity index (χ1) is 9.70. The maximum atomic E-state index is 12.7. The summed E-state index contributed by atoms with van der Waals surface area (Å²) in [6.07, 6.45) is 6.18. The number of nitrogens with zero attached hydrogens (tertiary/aromatic N) is 3. The van der Waals surface area contributed by atoms with Crippen molar-refractivity contribution in [2.24, 2.45) is 11.7 Å². The second kappa shape index (κ2) is 5.48. The van der Waals surface area contributed by atoms with E-state index in [-0.39, 0.29) is 11.9 Å². The number of carbonyl (C=O) groups is 1. The number of amides is 1. The lowest BCUT2D eigenvalue weighted by atomic mass is 9.90. The summed E-state index contributed by atoms with van der Waals surface area (Å²) >= 11 is 0. The Morgan fingerprint density at radius 1 is 1.45 bits per heavy atom. The molecule has 1 saturated carbocycles. The monoisotopic (exact) mass is 274 g/mol. The van der Waals surface area contributed by atoms with Crippen molar-refractivity contribution in [2.45, 2.75) is 44.6 Å². The van der Waals surface area contributed by atoms with E-state index in [2.05, 4.69) is 16.9 Å². The summed E-state index contributed by atoms with van der Waals surface area (Å²) in [6, 6.07) is 1.86. The fraction of sp³-hybridized carbons (Fsp3) is 0.667. The summed E-state index contributed by atoms with van der Waals surface area (Å²) in [5.41, 5.74) is 6.38. The van der Waals surface area contributed by atoms with Crippen LogP contribution in [0.1, 0.15) is 54.8 Å². The first-order valence-electron chi connectivity index (χ1n) is 7.54. The molecule has 108 valence electrons. The largest absolute Gasteiger partial charge is 0.333 e. The van der Waals surface area contributed by atoms with Gasteiger partial charge in [0.1, 0.15) is 11.5 Å². The van der Waals surface area contributed by atoms with Gasteiger partial charge in [-0.05, 0) is 37.7 Å². The van der Waals surface area contributed by atoms with Crippen LogP contribution in [0.4, 0.5) is 0 Å². The van der Waals surface area contributed by atoms with Crippen LogP contribution >= 0.6 is 0 Å². The molecule has 1 aliphatic heterocycles. The highest BCUT2D eigenvalue weighted by Gasteiger charge is 2.33. The van der Waals surface area contributed by atoms with Crippen LogP contribution in [0.2, 0.25) is 0 Å². The Hall–Kier alpha value is -1.49. The third-order valence-corrected chi connectivity index (χ3v) is 4.45. The molecule has 0 radical (unpaired) electrons. The van der Waals surface area contributed by atoms with Crippen LogP contribution in [0, 0.1) is 5.92 Å². The lowest BCUT2D eigenvalue weighted by Crippen LogP contribution is -2.51. The second-order valence-electron chi connectivity index (χ2n) is 6.00. The average Bonchev–Trinajstić information content (AvgIpc) is 3.31. The third-order valence-electron chi connectivity index (χ3n) is 4.45. The van der Waals surface area contributed by atoms with E-state index in [0.717, 1.165) is 38.1 Å². The predicted octanol–water partition coefficient (Wildman–Crippen LogP) is 1.55. The van der Waals surface area contributed by atoms with Crippen LogP contribution in [-0.2, 0) is 0 Å². The van der Waals surface area contributed by atoms with Gasteiger partial charge in [-0.2, -0.15) is 0 Å². The van der Waals surface area contributed by atoms with Gasteiger partial charge in [-0.25, -0.2) is 9.97 Å². The summed E-state index contributed by atoms with van der Waals surface area (Å²) in [5, 5.41) is 0. The topological polar surface area (TPSA) is 72.1 Å². The molecular formula is C15H22N4O. The molecule has 2 aliphatic rings. The van der Waals surface area contributed by atoms with Crippen LogP contribution in [0.3, 0.4) is 0 Å². The molecule has 0 aromatic carbocycles. The second-order valence-corrected chi connectivity index (χ2v) is 6.00. The number of carbonyl (C=O) groups excluding carboxylic acids is 1. The first-order valence-corrected chi connectivity index (χ1v) is 7.54. The number of hydrogen-bond acceptors (Lipinski definition) is 4. The zero-order chi connectivity index (χ0) is 14.1. The SMILES string of the molecule is CC1CCCN(C(=O)c2ccnc(C3CC3)n2)C1CN. The van der Waals surface area contributed by atoms with Crippen molar-refractivity contribution in [2.75, 3.05) is 13.1 Å². The molecule has 3 rings (SSSR count). The van der Waals surface area contributed by atoms with E-state index in [0.29, 0.717) is 24.1 Å². The predicted molar refractivity (Wildman–Crippen MR) is 76.3 cm³/mol. The zero-order valence-electron chi connectivity index (χ0n) is 12.0. The van der Waals surface area contributed by atoms with Crippen LogP contribution in [0.5, 0.6) is 0 Å². The van der Waals surface area contributed by atoms with Gasteiger partial charge in [0, 0.05) is 31.2 Å². The Labute approximate surface area is 119 Å². The van der Waals surface area contributed by atoms with Crippen molar-refractivity contribution in [3.8, 4) is 0 Å². The maximum absolute atomic E-state index is 12.7. The van der Waals surface area contributed by atoms with Crippen LogP contribution in [-0.4, -0.2) is 39.9 Å². The highest BCUT2D eigenvalue weighted by molar-refractivity contribution is 5.92. The van der Waals surface area contributed by atoms with Gasteiger partial charge in [0.15, 0.2) is 0 Å². The molecule has 2 unspecified atom stereocenters. The Bertz CT molecular complexity index is 500. The molecule has 1 amide bonds. The molecular weight excluding hydrogens is 252 g/mol. The summed E-state index contributed by atoms with van der Waals surface area (Å²) in [4.78, 5) is 23.3. The molecule has 1 aliphatic carbocycles. The van der Waals surface area contributed by atoms with Gasteiger partial charge < -0.3 is 10.6 Å². The maximum Gasteiger partial charge on any atom is 0.272 e. The minimum Gasteiger partial charge on any atom is -0.333 e. The first kappa shape index (κ1) is 13.5. The average molecular weight is 274 g/mol. The number of aromatic nitrogens is 2. The van der Waals surface area contributed by atoms with Gasteiger partial charge in [0.2, 0.25) is 0 Å². The zero-order valence-corrected chi connectivity index (χ0v) is 12.0. The fourth-order valence-corrected chi connectivity index (χ4v) is 3.04. The Morgan fingerprint density at radius 2 is 2.25 bits per heavy atom. The van der Waals surface area contributed by atoms with E-state index >= 15 is 0 Å². The van der Waals surface area contributed by atoms with E-state index in [1.54, 1.807) is 12.3 Å². The Morgan fingerprint density at radius 3 is 2.95 bits per heavy atom. The van der Waals surface area contributed by atoms with E-state index in [9.17, 15) is 4.79 Å². The van der Waals surface area contributed by atoms with Crippen molar-refractivity contribution in [1.29, 1.82) is 0 Å². The number of hydrogen-bond donors (Lipinski definition) is 1. The molecule has 2 N–H and O–H groups in total. The molecule has 5 heteroatoms. The number of piperidine rings is 1. The fourth-order valence-electron chi connectivity index (χ4n) is 3.04. The van der Waals surface area contributed by atoms with Gasteiger partial charge in [-0.15, -0.1) is 0 Å². The van der Waals surface area contributed by atoms with E-state index in [4.69, 9.17) is 5.73 Å². The molecule has 20 heavy (non-hydrogen) atoms. The van der Waals surface area contributed by atoms with Crippen molar-refractivity contribution in [3.05, 3.63) is 23.8 Å². The molecule has 1 saturated heterocycles. The molecule has 0 bridgehead atoms. The van der Waals surface area contributed by atoms with E-state index in [1.165, 1.54) is 0 Å². The Kier molecular flexibility index (Phi) is 3.70. The van der Waals surface area contributed by atoms with Crippen molar-refractivity contribution in [1.82, 2.24) is 14.9 Å². The smallest absolute Gasteiger partial charge is 0.272 e. The minimum absolute atomic E-state index is 0.0105. The van der Waals surface area contributed by atoms with Gasteiger partial charge in [0.05, 0.1) is 0 Å². The summed E-state index contributed by atoms with van der Waals surface area (Å²) in [5.74, 6) is 1.76. The molecule has 1 aromatic heterocycles. The molecule has 2 fully saturated rings. The van der Waals surface area contributed by atoms with E-state index < -0.39 is 0 Å². The number of rotatable bonds is 3. The quantitative estimate of drug-likeness (QED) is 0.907. The van der Waals surface area contributed by atoms with Crippen LogP contribution < -0.4 is 5.73 Å².